The third-order valence-electron chi connectivity index (χ3n) is 2.36. The Kier molecular flexibility index (Phi) is 7.44. The molecule has 0 saturated carbocycles. The molecule has 1 unspecified atom stereocenters. The number of rotatable bonds is 9. The maximum absolute atomic E-state index is 10.6. The van der Waals surface area contributed by atoms with Crippen molar-refractivity contribution in [3.05, 3.63) is 23.9 Å². The molecule has 1 rings (SSSR count). The highest BCUT2D eigenvalue weighted by molar-refractivity contribution is 7.99. The summed E-state index contributed by atoms with van der Waals surface area (Å²) in [4.78, 5) is 14.8. The van der Waals surface area contributed by atoms with Crippen LogP contribution in [-0.4, -0.2) is 35.3 Å². The molecule has 5 heteroatoms. The van der Waals surface area contributed by atoms with Crippen molar-refractivity contribution in [1.82, 2.24) is 4.98 Å². The van der Waals surface area contributed by atoms with Gasteiger partial charge in [-0.05, 0) is 11.3 Å². The molecule has 4 nitrogen and oxygen atoms in total. The number of hydrogen-bond donors (Lipinski definition) is 1. The molecule has 0 fully saturated rings. The van der Waals surface area contributed by atoms with E-state index in [2.05, 4.69) is 11.9 Å². The van der Waals surface area contributed by atoms with Gasteiger partial charge in [-0.15, -0.1) is 0 Å². The van der Waals surface area contributed by atoms with Gasteiger partial charge in [-0.3, -0.25) is 0 Å². The van der Waals surface area contributed by atoms with E-state index >= 15 is 0 Å². The first-order valence-electron chi connectivity index (χ1n) is 6.06. The molecule has 0 aliphatic heterocycles. The lowest BCUT2D eigenvalue weighted by atomic mass is 10.1. The number of aldehydes is 1. The maximum Gasteiger partial charge on any atom is 0.213 e. The fourth-order valence-electron chi connectivity index (χ4n) is 1.50. The van der Waals surface area contributed by atoms with Crippen molar-refractivity contribution < 1.29 is 14.6 Å². The number of carbonyl (C=O) groups is 1. The number of pyridine rings is 1. The van der Waals surface area contributed by atoms with Crippen molar-refractivity contribution in [2.75, 3.05) is 19.0 Å². The Hall–Kier alpha value is -1.07. The largest absolute Gasteiger partial charge is 0.478 e. The molecule has 0 aliphatic carbocycles. The summed E-state index contributed by atoms with van der Waals surface area (Å²) in [5, 5.41) is 8.82. The number of aliphatic hydroxyl groups is 1. The molecule has 0 radical (unpaired) electrons. The molecule has 1 aromatic heterocycles. The Morgan fingerprint density at radius 1 is 1.56 bits per heavy atom. The summed E-state index contributed by atoms with van der Waals surface area (Å²) in [6.45, 7) is 2.65. The molecule has 0 spiro atoms. The van der Waals surface area contributed by atoms with Gasteiger partial charge in [0.15, 0.2) is 0 Å². The first-order valence-corrected chi connectivity index (χ1v) is 7.11. The summed E-state index contributed by atoms with van der Waals surface area (Å²) in [5.74, 6) is 1.52. The fraction of sp³-hybridized carbons (Fsp3) is 0.538. The van der Waals surface area contributed by atoms with Gasteiger partial charge in [-0.2, -0.15) is 11.8 Å². The highest BCUT2D eigenvalue weighted by atomic mass is 32.2. The van der Waals surface area contributed by atoms with Gasteiger partial charge in [-0.1, -0.05) is 13.0 Å². The van der Waals surface area contributed by atoms with Gasteiger partial charge >= 0.3 is 0 Å². The van der Waals surface area contributed by atoms with Crippen LogP contribution in [-0.2, 0) is 4.79 Å². The summed E-state index contributed by atoms with van der Waals surface area (Å²) in [5.41, 5.74) is 1.04. The zero-order valence-corrected chi connectivity index (χ0v) is 11.4. The normalized spacial score (nSPS) is 12.1. The number of hydrogen-bond acceptors (Lipinski definition) is 5. The van der Waals surface area contributed by atoms with Crippen molar-refractivity contribution in [3.63, 3.8) is 0 Å². The van der Waals surface area contributed by atoms with Crippen LogP contribution in [0.15, 0.2) is 18.3 Å². The first-order chi connectivity index (χ1) is 8.81. The second-order valence-electron chi connectivity index (χ2n) is 3.70. The molecule has 0 saturated heterocycles. The quantitative estimate of drug-likeness (QED) is 0.550. The minimum atomic E-state index is 0.118. The van der Waals surface area contributed by atoms with E-state index < -0.39 is 0 Å². The highest BCUT2D eigenvalue weighted by Crippen LogP contribution is 2.31. The molecule has 0 aromatic carbocycles. The lowest BCUT2D eigenvalue weighted by Crippen LogP contribution is -2.02. The van der Waals surface area contributed by atoms with E-state index in [-0.39, 0.29) is 11.9 Å². The van der Waals surface area contributed by atoms with Crippen LogP contribution in [0.2, 0.25) is 0 Å². The first kappa shape index (κ1) is 15.0. The molecule has 18 heavy (non-hydrogen) atoms. The number of thioether (sulfide) groups is 1. The van der Waals surface area contributed by atoms with E-state index in [1.807, 2.05) is 6.07 Å². The van der Waals surface area contributed by atoms with Gasteiger partial charge in [0.1, 0.15) is 6.29 Å². The molecule has 1 atom stereocenters. The SMILES string of the molecule is CCSC(CC=O)c1ccc(OCCCO)nc1. The summed E-state index contributed by atoms with van der Waals surface area (Å²) in [6.07, 6.45) is 3.80. The molecule has 0 aliphatic rings. The van der Waals surface area contributed by atoms with Gasteiger partial charge in [0.2, 0.25) is 5.88 Å². The molecular weight excluding hydrogens is 250 g/mol. The molecule has 100 valence electrons. The lowest BCUT2D eigenvalue weighted by molar-refractivity contribution is -0.107. The third-order valence-corrected chi connectivity index (χ3v) is 3.56. The standard InChI is InChI=1S/C13H19NO3S/c1-2-18-12(6-8-16)11-4-5-13(14-10-11)17-9-3-7-15/h4-5,8,10,12,15H,2-3,6-7,9H2,1H3. The maximum atomic E-state index is 10.6. The number of nitrogens with zero attached hydrogens (tertiary/aromatic N) is 1. The molecule has 1 heterocycles. The Labute approximate surface area is 112 Å². The number of carbonyl (C=O) groups excluding carboxylic acids is 1. The van der Waals surface area contributed by atoms with Crippen molar-refractivity contribution in [2.24, 2.45) is 0 Å². The van der Waals surface area contributed by atoms with Crippen LogP contribution >= 0.6 is 11.8 Å². The van der Waals surface area contributed by atoms with Crippen LogP contribution in [0, 0.1) is 0 Å². The number of ether oxygens (including phenoxy) is 1. The van der Waals surface area contributed by atoms with E-state index in [0.717, 1.165) is 17.6 Å². The summed E-state index contributed by atoms with van der Waals surface area (Å²) in [6, 6.07) is 3.75. The van der Waals surface area contributed by atoms with Crippen LogP contribution in [0.1, 0.15) is 30.6 Å². The minimum Gasteiger partial charge on any atom is -0.478 e. The molecule has 1 aromatic rings. The third kappa shape index (κ3) is 5.06. The minimum absolute atomic E-state index is 0.118. The Balaban J connectivity index is 2.58. The Bertz CT molecular complexity index is 343. The Morgan fingerprint density at radius 2 is 2.39 bits per heavy atom. The lowest BCUT2D eigenvalue weighted by Gasteiger charge is -2.13. The Morgan fingerprint density at radius 3 is 2.94 bits per heavy atom. The van der Waals surface area contributed by atoms with Crippen molar-refractivity contribution in [2.45, 2.75) is 25.0 Å². The monoisotopic (exact) mass is 269 g/mol. The number of aromatic nitrogens is 1. The average molecular weight is 269 g/mol. The smallest absolute Gasteiger partial charge is 0.213 e. The predicted molar refractivity (Wildman–Crippen MR) is 73.0 cm³/mol. The van der Waals surface area contributed by atoms with E-state index in [9.17, 15) is 4.79 Å². The van der Waals surface area contributed by atoms with Crippen molar-refractivity contribution >= 4 is 18.0 Å². The summed E-state index contributed by atoms with van der Waals surface area (Å²) in [7, 11) is 0. The highest BCUT2D eigenvalue weighted by Gasteiger charge is 2.11. The van der Waals surface area contributed by atoms with Gasteiger partial charge in [0.25, 0.3) is 0 Å². The van der Waals surface area contributed by atoms with E-state index in [0.29, 0.717) is 25.3 Å². The zero-order chi connectivity index (χ0) is 13.2. The van der Waals surface area contributed by atoms with Gasteiger partial charge < -0.3 is 14.6 Å². The second kappa shape index (κ2) is 8.94. The summed E-state index contributed by atoms with van der Waals surface area (Å²) < 4.78 is 5.35. The van der Waals surface area contributed by atoms with Crippen LogP contribution in [0.5, 0.6) is 5.88 Å². The van der Waals surface area contributed by atoms with Crippen LogP contribution in [0.4, 0.5) is 0 Å². The molecule has 0 bridgehead atoms. The van der Waals surface area contributed by atoms with Crippen LogP contribution < -0.4 is 4.74 Å². The predicted octanol–water partition coefficient (Wildman–Crippen LogP) is 2.23. The van der Waals surface area contributed by atoms with Crippen LogP contribution in [0.25, 0.3) is 0 Å². The molecule has 0 amide bonds. The topological polar surface area (TPSA) is 59.4 Å². The molecule has 1 N–H and O–H groups in total. The summed E-state index contributed by atoms with van der Waals surface area (Å²) >= 11 is 1.74. The number of aliphatic hydroxyl groups excluding tert-OH is 1. The second-order valence-corrected chi connectivity index (χ2v) is 5.18. The van der Waals surface area contributed by atoms with E-state index in [1.165, 1.54) is 0 Å². The van der Waals surface area contributed by atoms with Gasteiger partial charge in [-0.25, -0.2) is 4.98 Å². The van der Waals surface area contributed by atoms with Crippen molar-refractivity contribution in [1.29, 1.82) is 0 Å². The van der Waals surface area contributed by atoms with Crippen molar-refractivity contribution in [3.8, 4) is 5.88 Å². The average Bonchev–Trinajstić information content (AvgIpc) is 2.40. The van der Waals surface area contributed by atoms with Crippen LogP contribution in [0.3, 0.4) is 0 Å². The van der Waals surface area contributed by atoms with E-state index in [4.69, 9.17) is 9.84 Å². The van der Waals surface area contributed by atoms with E-state index in [1.54, 1.807) is 24.0 Å². The zero-order valence-electron chi connectivity index (χ0n) is 10.5. The van der Waals surface area contributed by atoms with Gasteiger partial charge in [0.05, 0.1) is 6.61 Å². The van der Waals surface area contributed by atoms with Gasteiger partial charge in [0, 0.05) is 37.0 Å². The fourth-order valence-corrected chi connectivity index (χ4v) is 2.45. The molecular formula is C13H19NO3S.